The van der Waals surface area contributed by atoms with Gasteiger partial charge >= 0.3 is 12.1 Å². The fourth-order valence-electron chi connectivity index (χ4n) is 6.22. The minimum atomic E-state index is -4.46. The first-order chi connectivity index (χ1) is 19.2. The molecule has 2 saturated heterocycles. The molecular formula is C30H36F3N3O4. The van der Waals surface area contributed by atoms with E-state index in [2.05, 4.69) is 9.80 Å². The molecule has 3 heterocycles. The number of amides is 1. The number of rotatable bonds is 7. The maximum absolute atomic E-state index is 14.0. The van der Waals surface area contributed by atoms with Gasteiger partial charge in [-0.15, -0.1) is 0 Å². The summed E-state index contributed by atoms with van der Waals surface area (Å²) < 4.78 is 51.8. The highest BCUT2D eigenvalue weighted by molar-refractivity contribution is 5.83. The van der Waals surface area contributed by atoms with Crippen molar-refractivity contribution in [1.82, 2.24) is 9.80 Å². The summed E-state index contributed by atoms with van der Waals surface area (Å²) in [7, 11) is 0. The third-order valence-corrected chi connectivity index (χ3v) is 8.21. The lowest BCUT2D eigenvalue weighted by Gasteiger charge is -2.50. The van der Waals surface area contributed by atoms with E-state index < -0.39 is 17.7 Å². The summed E-state index contributed by atoms with van der Waals surface area (Å²) in [5, 5.41) is 0. The number of alkyl halides is 3. The number of nitrogens with zero attached hydrogens (tertiary/aromatic N) is 3. The van der Waals surface area contributed by atoms with Gasteiger partial charge in [-0.05, 0) is 62.1 Å². The van der Waals surface area contributed by atoms with E-state index in [0.29, 0.717) is 57.7 Å². The average Bonchev–Trinajstić information content (AvgIpc) is 2.96. The fraction of sp³-hybridized carbons (Fsp3) is 0.533. The van der Waals surface area contributed by atoms with Crippen molar-refractivity contribution in [3.8, 4) is 5.75 Å². The van der Waals surface area contributed by atoms with Crippen molar-refractivity contribution in [2.24, 2.45) is 11.8 Å². The molecular weight excluding hydrogens is 523 g/mol. The molecule has 0 bridgehead atoms. The van der Waals surface area contributed by atoms with Gasteiger partial charge in [0, 0.05) is 45.0 Å². The van der Waals surface area contributed by atoms with Crippen LogP contribution in [0.25, 0.3) is 0 Å². The SMILES string of the molecule is CCOC(=O)C1CCCN(C(=O)C2Cc3cc(C(F)(F)F)ccc3N3CCN(CCOc4ccccc4)CC23)C1. The lowest BCUT2D eigenvalue weighted by molar-refractivity contribution is -0.152. The number of carbonyl (C=O) groups excluding carboxylic acids is 2. The number of fused-ring (bicyclic) bond motifs is 3. The number of hydrogen-bond acceptors (Lipinski definition) is 6. The van der Waals surface area contributed by atoms with Crippen molar-refractivity contribution in [3.05, 3.63) is 59.7 Å². The number of benzene rings is 2. The van der Waals surface area contributed by atoms with Crippen LogP contribution in [-0.4, -0.2) is 80.2 Å². The average molecular weight is 560 g/mol. The number of halogens is 3. The van der Waals surface area contributed by atoms with Crippen molar-refractivity contribution in [1.29, 1.82) is 0 Å². The molecule has 0 N–H and O–H groups in total. The Hall–Kier alpha value is -3.27. The molecule has 3 aliphatic rings. The van der Waals surface area contributed by atoms with E-state index in [1.165, 1.54) is 6.07 Å². The highest BCUT2D eigenvalue weighted by atomic mass is 19.4. The second kappa shape index (κ2) is 12.1. The van der Waals surface area contributed by atoms with Crippen LogP contribution in [0.4, 0.5) is 18.9 Å². The number of ether oxygens (including phenoxy) is 2. The predicted octanol–water partition coefficient (Wildman–Crippen LogP) is 4.25. The van der Waals surface area contributed by atoms with Crippen LogP contribution < -0.4 is 9.64 Å². The monoisotopic (exact) mass is 559 g/mol. The van der Waals surface area contributed by atoms with Gasteiger partial charge < -0.3 is 19.3 Å². The summed E-state index contributed by atoms with van der Waals surface area (Å²) in [5.74, 6) is -0.501. The van der Waals surface area contributed by atoms with Crippen LogP contribution in [0.1, 0.15) is 30.9 Å². The second-order valence-corrected chi connectivity index (χ2v) is 10.8. The first-order valence-electron chi connectivity index (χ1n) is 14.1. The summed E-state index contributed by atoms with van der Waals surface area (Å²) in [6, 6.07) is 13.3. The van der Waals surface area contributed by atoms with E-state index in [0.717, 1.165) is 17.5 Å². The van der Waals surface area contributed by atoms with Gasteiger partial charge in [0.2, 0.25) is 5.91 Å². The first-order valence-corrected chi connectivity index (χ1v) is 14.1. The molecule has 0 saturated carbocycles. The molecule has 10 heteroatoms. The number of hydrogen-bond donors (Lipinski definition) is 0. The molecule has 40 heavy (non-hydrogen) atoms. The first kappa shape index (κ1) is 28.3. The Morgan fingerprint density at radius 2 is 1.82 bits per heavy atom. The summed E-state index contributed by atoms with van der Waals surface area (Å²) in [6.45, 7) is 5.94. The number of likely N-dealkylation sites (tertiary alicyclic amines) is 1. The second-order valence-electron chi connectivity index (χ2n) is 10.8. The molecule has 3 unspecified atom stereocenters. The lowest BCUT2D eigenvalue weighted by atomic mass is 9.82. The van der Waals surface area contributed by atoms with Gasteiger partial charge in [-0.2, -0.15) is 13.2 Å². The van der Waals surface area contributed by atoms with E-state index >= 15 is 0 Å². The van der Waals surface area contributed by atoms with Crippen LogP contribution in [0.3, 0.4) is 0 Å². The molecule has 0 radical (unpaired) electrons. The van der Waals surface area contributed by atoms with Crippen LogP contribution in [-0.2, 0) is 26.9 Å². The van der Waals surface area contributed by atoms with E-state index in [4.69, 9.17) is 9.47 Å². The van der Waals surface area contributed by atoms with Crippen molar-refractivity contribution >= 4 is 17.6 Å². The van der Waals surface area contributed by atoms with Crippen LogP contribution in [0.15, 0.2) is 48.5 Å². The standard InChI is InChI=1S/C30H36F3N3O4/c1-2-39-29(38)21-7-6-12-35(19-21)28(37)25-18-22-17-23(30(31,32)33)10-11-26(22)36-14-13-34(20-27(25)36)15-16-40-24-8-4-3-5-9-24/h3-5,8-11,17,21,25,27H,2,6-7,12-16,18-20H2,1H3. The number of piperidine rings is 1. The van der Waals surface area contributed by atoms with Crippen LogP contribution >= 0.6 is 0 Å². The zero-order valence-corrected chi connectivity index (χ0v) is 22.7. The van der Waals surface area contributed by atoms with Crippen molar-refractivity contribution < 1.29 is 32.2 Å². The molecule has 7 nitrogen and oxygen atoms in total. The topological polar surface area (TPSA) is 62.3 Å². The van der Waals surface area contributed by atoms with Crippen molar-refractivity contribution in [2.75, 3.05) is 57.4 Å². The van der Waals surface area contributed by atoms with E-state index in [1.807, 2.05) is 30.3 Å². The highest BCUT2D eigenvalue weighted by Gasteiger charge is 2.44. The Labute approximate surface area is 232 Å². The Bertz CT molecular complexity index is 1190. The summed E-state index contributed by atoms with van der Waals surface area (Å²) in [4.78, 5) is 32.5. The van der Waals surface area contributed by atoms with Crippen molar-refractivity contribution in [3.63, 3.8) is 0 Å². The highest BCUT2D eigenvalue weighted by Crippen LogP contribution is 2.40. The molecule has 3 atom stereocenters. The van der Waals surface area contributed by atoms with Gasteiger partial charge in [-0.25, -0.2) is 0 Å². The largest absolute Gasteiger partial charge is 0.492 e. The summed E-state index contributed by atoms with van der Waals surface area (Å²) in [5.41, 5.74) is 0.613. The quantitative estimate of drug-likeness (QED) is 0.473. The van der Waals surface area contributed by atoms with E-state index in [9.17, 15) is 22.8 Å². The van der Waals surface area contributed by atoms with Crippen LogP contribution in [0.2, 0.25) is 0 Å². The number of anilines is 1. The molecule has 1 amide bonds. The maximum Gasteiger partial charge on any atom is 0.416 e. The number of para-hydroxylation sites is 1. The smallest absolute Gasteiger partial charge is 0.416 e. The van der Waals surface area contributed by atoms with E-state index in [1.54, 1.807) is 17.9 Å². The van der Waals surface area contributed by atoms with E-state index in [-0.39, 0.29) is 43.4 Å². The molecule has 2 fully saturated rings. The number of esters is 1. The minimum Gasteiger partial charge on any atom is -0.492 e. The number of piperazine rings is 1. The Balaban J connectivity index is 1.35. The zero-order chi connectivity index (χ0) is 28.3. The van der Waals surface area contributed by atoms with Gasteiger partial charge in [0.15, 0.2) is 0 Å². The Kier molecular flexibility index (Phi) is 8.54. The fourth-order valence-corrected chi connectivity index (χ4v) is 6.22. The normalized spacial score (nSPS) is 23.2. The van der Waals surface area contributed by atoms with Gasteiger partial charge in [0.05, 0.1) is 30.0 Å². The maximum atomic E-state index is 14.0. The molecule has 0 spiro atoms. The van der Waals surface area contributed by atoms with Gasteiger partial charge in [0.25, 0.3) is 0 Å². The summed E-state index contributed by atoms with van der Waals surface area (Å²) >= 11 is 0. The third kappa shape index (κ3) is 6.22. The Morgan fingerprint density at radius 3 is 2.58 bits per heavy atom. The molecule has 0 aromatic heterocycles. The van der Waals surface area contributed by atoms with Gasteiger partial charge in [0.1, 0.15) is 12.4 Å². The number of carbonyl (C=O) groups is 2. The van der Waals surface area contributed by atoms with Gasteiger partial charge in [-0.1, -0.05) is 18.2 Å². The molecule has 3 aliphatic heterocycles. The molecule has 0 aliphatic carbocycles. The zero-order valence-electron chi connectivity index (χ0n) is 22.7. The van der Waals surface area contributed by atoms with Gasteiger partial charge in [-0.3, -0.25) is 14.5 Å². The lowest BCUT2D eigenvalue weighted by Crippen LogP contribution is -2.62. The summed E-state index contributed by atoms with van der Waals surface area (Å²) in [6.07, 6.45) is -2.87. The van der Waals surface area contributed by atoms with Crippen LogP contribution in [0, 0.1) is 11.8 Å². The molecule has 2 aromatic rings. The van der Waals surface area contributed by atoms with Crippen LogP contribution in [0.5, 0.6) is 5.75 Å². The minimum absolute atomic E-state index is 0.102. The third-order valence-electron chi connectivity index (χ3n) is 8.21. The molecule has 2 aromatic carbocycles. The molecule has 216 valence electrons. The molecule has 5 rings (SSSR count). The van der Waals surface area contributed by atoms with Crippen molar-refractivity contribution in [2.45, 2.75) is 38.4 Å². The Morgan fingerprint density at radius 1 is 1.02 bits per heavy atom. The predicted molar refractivity (Wildman–Crippen MR) is 144 cm³/mol.